The fourth-order valence-electron chi connectivity index (χ4n) is 2.94. The van der Waals surface area contributed by atoms with Crippen molar-refractivity contribution < 1.29 is 4.79 Å². The minimum atomic E-state index is -0.186. The quantitative estimate of drug-likeness (QED) is 0.928. The van der Waals surface area contributed by atoms with Gasteiger partial charge in [0.05, 0.1) is 17.3 Å². The van der Waals surface area contributed by atoms with Crippen LogP contribution in [0.15, 0.2) is 24.3 Å². The lowest BCUT2D eigenvalue weighted by Gasteiger charge is -2.40. The van der Waals surface area contributed by atoms with Crippen LogP contribution in [0.4, 0.5) is 5.69 Å². The van der Waals surface area contributed by atoms with Gasteiger partial charge in [-0.15, -0.1) is 0 Å². The summed E-state index contributed by atoms with van der Waals surface area (Å²) in [5, 5.41) is 12.0. The van der Waals surface area contributed by atoms with E-state index in [1.54, 1.807) is 18.2 Å². The largest absolute Gasteiger partial charge is 0.324 e. The molecule has 0 aliphatic carbocycles. The molecule has 3 atom stereocenters. The van der Waals surface area contributed by atoms with E-state index in [0.29, 0.717) is 23.2 Å². The van der Waals surface area contributed by atoms with Crippen LogP contribution in [0.25, 0.3) is 0 Å². The standard InChI is InChI=1S/C17H23N3O/c1-12-8-9-13(2)20(11-12)14(3)17(21)19-16-7-5-4-6-15(16)10-18/h4-7,12-14H,8-9,11H2,1-3H3,(H,19,21). The lowest BCUT2D eigenvalue weighted by atomic mass is 9.93. The van der Waals surface area contributed by atoms with Crippen LogP contribution in [0.1, 0.15) is 39.2 Å². The lowest BCUT2D eigenvalue weighted by molar-refractivity contribution is -0.122. The number of para-hydroxylation sites is 1. The van der Waals surface area contributed by atoms with E-state index in [1.165, 1.54) is 6.42 Å². The van der Waals surface area contributed by atoms with Crippen LogP contribution in [0.5, 0.6) is 0 Å². The highest BCUT2D eigenvalue weighted by Crippen LogP contribution is 2.24. The monoisotopic (exact) mass is 285 g/mol. The molecule has 21 heavy (non-hydrogen) atoms. The molecule has 2 rings (SSSR count). The minimum absolute atomic E-state index is 0.0429. The van der Waals surface area contributed by atoms with Gasteiger partial charge in [0, 0.05) is 12.6 Å². The molecule has 0 bridgehead atoms. The van der Waals surface area contributed by atoms with Gasteiger partial charge in [0.25, 0.3) is 0 Å². The number of nitriles is 1. The van der Waals surface area contributed by atoms with E-state index in [0.717, 1.165) is 13.0 Å². The Hall–Kier alpha value is -1.86. The van der Waals surface area contributed by atoms with Gasteiger partial charge in [0.1, 0.15) is 6.07 Å². The number of nitrogens with zero attached hydrogens (tertiary/aromatic N) is 2. The van der Waals surface area contributed by atoms with Crippen LogP contribution < -0.4 is 5.32 Å². The molecule has 4 heteroatoms. The predicted molar refractivity (Wildman–Crippen MR) is 83.8 cm³/mol. The van der Waals surface area contributed by atoms with Crippen molar-refractivity contribution in [3.8, 4) is 6.07 Å². The topological polar surface area (TPSA) is 56.1 Å². The number of nitrogens with one attached hydrogen (secondary N) is 1. The van der Waals surface area contributed by atoms with Crippen LogP contribution in [-0.2, 0) is 4.79 Å². The van der Waals surface area contributed by atoms with Crippen molar-refractivity contribution in [2.75, 3.05) is 11.9 Å². The summed E-state index contributed by atoms with van der Waals surface area (Å²) in [7, 11) is 0. The number of hydrogen-bond donors (Lipinski definition) is 1. The number of likely N-dealkylation sites (tertiary alicyclic amines) is 1. The van der Waals surface area contributed by atoms with E-state index >= 15 is 0 Å². The van der Waals surface area contributed by atoms with Gasteiger partial charge in [-0.25, -0.2) is 0 Å². The average molecular weight is 285 g/mol. The van der Waals surface area contributed by atoms with Crippen molar-refractivity contribution in [3.63, 3.8) is 0 Å². The second-order valence-corrected chi connectivity index (χ2v) is 6.05. The summed E-state index contributed by atoms with van der Waals surface area (Å²) in [5.74, 6) is 0.585. The average Bonchev–Trinajstić information content (AvgIpc) is 2.49. The minimum Gasteiger partial charge on any atom is -0.324 e. The van der Waals surface area contributed by atoms with E-state index < -0.39 is 0 Å². The first kappa shape index (κ1) is 15.5. The molecule has 1 aliphatic heterocycles. The first-order chi connectivity index (χ1) is 10.0. The molecular weight excluding hydrogens is 262 g/mol. The molecule has 112 valence electrons. The number of carbonyl (C=O) groups excluding carboxylic acids is 1. The molecule has 1 aliphatic rings. The van der Waals surface area contributed by atoms with Gasteiger partial charge in [-0.3, -0.25) is 9.69 Å². The Labute approximate surface area is 126 Å². The number of benzene rings is 1. The molecule has 1 aromatic rings. The van der Waals surface area contributed by atoms with Gasteiger partial charge in [-0.2, -0.15) is 5.26 Å². The summed E-state index contributed by atoms with van der Waals surface area (Å²) in [4.78, 5) is 14.7. The van der Waals surface area contributed by atoms with Crippen molar-refractivity contribution in [2.24, 2.45) is 5.92 Å². The summed E-state index contributed by atoms with van der Waals surface area (Å²) < 4.78 is 0. The van der Waals surface area contributed by atoms with Crippen molar-refractivity contribution >= 4 is 11.6 Å². The molecule has 1 fully saturated rings. The number of hydrogen-bond acceptors (Lipinski definition) is 3. The Morgan fingerprint density at radius 2 is 2.10 bits per heavy atom. The predicted octanol–water partition coefficient (Wildman–Crippen LogP) is 3.01. The summed E-state index contributed by atoms with van der Waals surface area (Å²) in [6.45, 7) is 7.31. The number of amides is 1. The maximum absolute atomic E-state index is 12.5. The van der Waals surface area contributed by atoms with Crippen LogP contribution in [0.3, 0.4) is 0 Å². The maximum Gasteiger partial charge on any atom is 0.241 e. The van der Waals surface area contributed by atoms with E-state index in [4.69, 9.17) is 5.26 Å². The molecule has 1 N–H and O–H groups in total. The van der Waals surface area contributed by atoms with E-state index in [-0.39, 0.29) is 11.9 Å². The lowest BCUT2D eigenvalue weighted by Crippen LogP contribution is -2.50. The molecule has 1 aromatic carbocycles. The number of anilines is 1. The molecule has 3 unspecified atom stereocenters. The molecule has 1 saturated heterocycles. The number of rotatable bonds is 3. The van der Waals surface area contributed by atoms with Gasteiger partial charge in [0.2, 0.25) is 5.91 Å². The van der Waals surface area contributed by atoms with Crippen LogP contribution in [-0.4, -0.2) is 29.4 Å². The highest BCUT2D eigenvalue weighted by Gasteiger charge is 2.30. The van der Waals surface area contributed by atoms with Crippen molar-refractivity contribution in [1.29, 1.82) is 5.26 Å². The fraction of sp³-hybridized carbons (Fsp3) is 0.529. The Balaban J connectivity index is 2.07. The molecule has 0 spiro atoms. The Kier molecular flexibility index (Phi) is 4.98. The van der Waals surface area contributed by atoms with Gasteiger partial charge in [-0.1, -0.05) is 19.1 Å². The molecular formula is C17H23N3O. The van der Waals surface area contributed by atoms with Crippen LogP contribution in [0.2, 0.25) is 0 Å². The SMILES string of the molecule is CC1CCC(C)N(C(C)C(=O)Nc2ccccc2C#N)C1. The molecule has 0 saturated carbocycles. The maximum atomic E-state index is 12.5. The Morgan fingerprint density at radius 3 is 2.81 bits per heavy atom. The smallest absolute Gasteiger partial charge is 0.241 e. The Bertz CT molecular complexity index is 549. The van der Waals surface area contributed by atoms with E-state index in [2.05, 4.69) is 30.1 Å². The fourth-order valence-corrected chi connectivity index (χ4v) is 2.94. The van der Waals surface area contributed by atoms with Crippen molar-refractivity contribution in [3.05, 3.63) is 29.8 Å². The van der Waals surface area contributed by atoms with Crippen LogP contribution >= 0.6 is 0 Å². The first-order valence-corrected chi connectivity index (χ1v) is 7.58. The summed E-state index contributed by atoms with van der Waals surface area (Å²) in [5.41, 5.74) is 1.09. The van der Waals surface area contributed by atoms with Gasteiger partial charge in [0.15, 0.2) is 0 Å². The highest BCUT2D eigenvalue weighted by atomic mass is 16.2. The third-order valence-corrected chi connectivity index (χ3v) is 4.35. The van der Waals surface area contributed by atoms with Crippen molar-refractivity contribution in [2.45, 2.75) is 45.7 Å². The second-order valence-electron chi connectivity index (χ2n) is 6.05. The van der Waals surface area contributed by atoms with Gasteiger partial charge >= 0.3 is 0 Å². The highest BCUT2D eigenvalue weighted by molar-refractivity contribution is 5.95. The first-order valence-electron chi connectivity index (χ1n) is 7.58. The van der Waals surface area contributed by atoms with E-state index in [1.807, 2.05) is 13.0 Å². The summed E-state index contributed by atoms with van der Waals surface area (Å²) in [6, 6.07) is 9.45. The normalized spacial score (nSPS) is 24.1. The Morgan fingerprint density at radius 1 is 1.38 bits per heavy atom. The second kappa shape index (κ2) is 6.73. The zero-order valence-corrected chi connectivity index (χ0v) is 13.0. The molecule has 0 radical (unpaired) electrons. The molecule has 0 aromatic heterocycles. The third kappa shape index (κ3) is 3.62. The summed E-state index contributed by atoms with van der Waals surface area (Å²) in [6.07, 6.45) is 2.36. The number of carbonyl (C=O) groups is 1. The van der Waals surface area contributed by atoms with Crippen LogP contribution in [0, 0.1) is 17.2 Å². The molecule has 1 heterocycles. The molecule has 1 amide bonds. The number of piperidine rings is 1. The zero-order chi connectivity index (χ0) is 15.4. The van der Waals surface area contributed by atoms with E-state index in [9.17, 15) is 4.79 Å². The summed E-state index contributed by atoms with van der Waals surface area (Å²) >= 11 is 0. The van der Waals surface area contributed by atoms with Gasteiger partial charge in [-0.05, 0) is 44.7 Å². The molecule has 4 nitrogen and oxygen atoms in total. The van der Waals surface area contributed by atoms with Crippen molar-refractivity contribution in [1.82, 2.24) is 4.90 Å². The van der Waals surface area contributed by atoms with Gasteiger partial charge < -0.3 is 5.32 Å². The third-order valence-electron chi connectivity index (χ3n) is 4.35. The zero-order valence-electron chi connectivity index (χ0n) is 13.0.